The number of allylic oxidation sites excluding steroid dienone is 2. The molecule has 0 aromatic rings. The van der Waals surface area contributed by atoms with Gasteiger partial charge in [0.25, 0.3) is 0 Å². The van der Waals surface area contributed by atoms with Crippen LogP contribution in [0.5, 0.6) is 0 Å². The molecule has 0 bridgehead atoms. The molecular weight excluding hydrogens is 356 g/mol. The number of Topliss-reactive ketones (excluding diaryl/α,β-unsaturated/α-hetero) is 2. The summed E-state index contributed by atoms with van der Waals surface area (Å²) in [6.45, 7) is 12.0. The maximum absolute atomic E-state index is 12.3. The summed E-state index contributed by atoms with van der Waals surface area (Å²) in [6, 6.07) is 0. The van der Waals surface area contributed by atoms with E-state index in [2.05, 4.69) is 40.7 Å². The van der Waals surface area contributed by atoms with E-state index in [9.17, 15) is 9.59 Å². The zero-order chi connectivity index (χ0) is 21.2. The summed E-state index contributed by atoms with van der Waals surface area (Å²) < 4.78 is 0. The molecule has 0 heterocycles. The maximum Gasteiger partial charge on any atom is 0.144 e. The van der Waals surface area contributed by atoms with Gasteiger partial charge in [-0.2, -0.15) is 0 Å². The fourth-order valence-corrected chi connectivity index (χ4v) is 7.41. The van der Waals surface area contributed by atoms with Gasteiger partial charge in [-0.05, 0) is 80.0 Å². The number of hydrogen-bond donors (Lipinski definition) is 0. The van der Waals surface area contributed by atoms with Gasteiger partial charge < -0.3 is 0 Å². The highest BCUT2D eigenvalue weighted by molar-refractivity contribution is 5.99. The molecule has 164 valence electrons. The molecule has 0 aliphatic heterocycles. The number of carbonyl (C=O) groups excluding carboxylic acids is 2. The van der Waals surface area contributed by atoms with Crippen molar-refractivity contribution >= 4 is 11.6 Å². The third kappa shape index (κ3) is 5.05. The third-order valence-electron chi connectivity index (χ3n) is 9.03. The summed E-state index contributed by atoms with van der Waals surface area (Å²) >= 11 is 0. The van der Waals surface area contributed by atoms with Crippen LogP contribution in [-0.2, 0) is 9.59 Å². The zero-order valence-corrected chi connectivity index (χ0v) is 19.6. The summed E-state index contributed by atoms with van der Waals surface area (Å²) in [4.78, 5) is 24.4. The number of carbonyl (C=O) groups is 2. The third-order valence-corrected chi connectivity index (χ3v) is 9.03. The van der Waals surface area contributed by atoms with Crippen molar-refractivity contribution in [2.45, 2.75) is 105 Å². The van der Waals surface area contributed by atoms with E-state index in [1.54, 1.807) is 0 Å². The average Bonchev–Trinajstić information content (AvgIpc) is 3.00. The van der Waals surface area contributed by atoms with Gasteiger partial charge in [-0.25, -0.2) is 0 Å². The van der Waals surface area contributed by atoms with Crippen LogP contribution in [0.15, 0.2) is 11.6 Å². The van der Waals surface area contributed by atoms with Crippen LogP contribution in [0.2, 0.25) is 0 Å². The van der Waals surface area contributed by atoms with Gasteiger partial charge in [0, 0.05) is 12.8 Å². The van der Waals surface area contributed by atoms with Crippen LogP contribution in [0.1, 0.15) is 105 Å². The van der Waals surface area contributed by atoms with Gasteiger partial charge in [-0.1, -0.05) is 58.6 Å². The van der Waals surface area contributed by atoms with Gasteiger partial charge >= 0.3 is 0 Å². The quantitative estimate of drug-likeness (QED) is 0.362. The van der Waals surface area contributed by atoms with Crippen molar-refractivity contribution in [2.24, 2.45) is 40.9 Å². The van der Waals surface area contributed by atoms with Crippen LogP contribution >= 0.6 is 0 Å². The molecule has 3 aliphatic carbocycles. The Kier molecular flexibility index (Phi) is 7.44. The van der Waals surface area contributed by atoms with Gasteiger partial charge in [0.05, 0.1) is 6.42 Å². The second-order valence-corrected chi connectivity index (χ2v) is 11.4. The largest absolute Gasteiger partial charge is 0.299 e. The van der Waals surface area contributed by atoms with Gasteiger partial charge in [0.1, 0.15) is 11.6 Å². The minimum atomic E-state index is 0.101. The molecule has 2 heteroatoms. The van der Waals surface area contributed by atoms with Gasteiger partial charge in [-0.3, -0.25) is 9.59 Å². The molecule has 3 aliphatic rings. The maximum atomic E-state index is 12.3. The van der Waals surface area contributed by atoms with Crippen molar-refractivity contribution in [3.05, 3.63) is 11.6 Å². The van der Waals surface area contributed by atoms with Gasteiger partial charge in [0.15, 0.2) is 0 Å². The van der Waals surface area contributed by atoms with Crippen LogP contribution in [-0.4, -0.2) is 11.6 Å². The summed E-state index contributed by atoms with van der Waals surface area (Å²) in [5.41, 5.74) is 1.87. The summed E-state index contributed by atoms with van der Waals surface area (Å²) in [5.74, 6) is 4.72. The number of ketones is 2. The van der Waals surface area contributed by atoms with Crippen LogP contribution in [0.25, 0.3) is 0 Å². The second kappa shape index (κ2) is 9.48. The number of hydrogen-bond acceptors (Lipinski definition) is 2. The molecule has 2 saturated carbocycles. The molecule has 29 heavy (non-hydrogen) atoms. The summed E-state index contributed by atoms with van der Waals surface area (Å²) in [7, 11) is 0. The Balaban J connectivity index is 1.76. The van der Waals surface area contributed by atoms with Crippen molar-refractivity contribution in [3.8, 4) is 0 Å². The van der Waals surface area contributed by atoms with E-state index in [-0.39, 0.29) is 18.0 Å². The van der Waals surface area contributed by atoms with Gasteiger partial charge in [0.2, 0.25) is 0 Å². The first kappa shape index (κ1) is 22.8. The van der Waals surface area contributed by atoms with E-state index >= 15 is 0 Å². The zero-order valence-electron chi connectivity index (χ0n) is 19.6. The highest BCUT2D eigenvalue weighted by Gasteiger charge is 2.54. The molecule has 0 radical (unpaired) electrons. The molecule has 6 atom stereocenters. The first-order chi connectivity index (χ1) is 13.7. The molecule has 0 unspecified atom stereocenters. The van der Waals surface area contributed by atoms with Crippen molar-refractivity contribution < 1.29 is 9.59 Å². The van der Waals surface area contributed by atoms with Crippen molar-refractivity contribution in [1.82, 2.24) is 0 Å². The average molecular weight is 401 g/mol. The van der Waals surface area contributed by atoms with Crippen molar-refractivity contribution in [3.63, 3.8) is 0 Å². The molecule has 0 aromatic carbocycles. The topological polar surface area (TPSA) is 34.1 Å². The minimum absolute atomic E-state index is 0.101. The standard InChI is InChI=1S/C27H44O2/c1-18(2)7-6-8-20(4)25-13-14-26-24-12-11-22(29)17-21(28)10-9-19(3)23(24)15-16-27(25,26)5/h9,18,20,23-26H,6-8,10-17H2,1-5H3/b19-9+/t20-,23-,24+,25-,26+,27-/m1/s1. The molecule has 0 spiro atoms. The molecular formula is C27H44O2. The van der Waals surface area contributed by atoms with Crippen molar-refractivity contribution in [1.29, 1.82) is 0 Å². The Bertz CT molecular complexity index is 630. The molecule has 0 amide bonds. The Labute approximate surface area is 179 Å². The fraction of sp³-hybridized carbons (Fsp3) is 0.852. The lowest BCUT2D eigenvalue weighted by Crippen LogP contribution is -2.43. The highest BCUT2D eigenvalue weighted by atomic mass is 16.1. The smallest absolute Gasteiger partial charge is 0.144 e. The SMILES string of the molecule is C/C1=C\CC(=O)CC(=O)CC[C@H]2[C@@H]1CC[C@]1(C)[C@@H]([C@H](C)CCCC(C)C)CC[C@@H]21. The molecule has 0 N–H and O–H groups in total. The normalized spacial score (nSPS) is 38.9. The van der Waals surface area contributed by atoms with E-state index in [0.29, 0.717) is 30.1 Å². The lowest BCUT2D eigenvalue weighted by Gasteiger charge is -2.50. The predicted molar refractivity (Wildman–Crippen MR) is 121 cm³/mol. The van der Waals surface area contributed by atoms with E-state index in [4.69, 9.17) is 0 Å². The van der Waals surface area contributed by atoms with E-state index in [1.807, 2.05) is 0 Å². The lowest BCUT2D eigenvalue weighted by molar-refractivity contribution is -0.127. The number of rotatable bonds is 5. The van der Waals surface area contributed by atoms with E-state index in [1.165, 1.54) is 50.5 Å². The van der Waals surface area contributed by atoms with Crippen molar-refractivity contribution in [2.75, 3.05) is 0 Å². The predicted octanol–water partition coefficient (Wildman–Crippen LogP) is 7.17. The van der Waals surface area contributed by atoms with Crippen LogP contribution in [0.4, 0.5) is 0 Å². The summed E-state index contributed by atoms with van der Waals surface area (Å²) in [6.07, 6.45) is 13.8. The second-order valence-electron chi connectivity index (χ2n) is 11.4. The molecule has 0 aromatic heterocycles. The van der Waals surface area contributed by atoms with Crippen LogP contribution in [0, 0.1) is 40.9 Å². The molecule has 2 nitrogen and oxygen atoms in total. The Morgan fingerprint density at radius 1 is 1.03 bits per heavy atom. The molecule has 3 rings (SSSR count). The lowest BCUT2D eigenvalue weighted by atomic mass is 9.54. The first-order valence-electron chi connectivity index (χ1n) is 12.4. The van der Waals surface area contributed by atoms with Crippen LogP contribution in [0.3, 0.4) is 0 Å². The van der Waals surface area contributed by atoms with E-state index < -0.39 is 0 Å². The highest BCUT2D eigenvalue weighted by Crippen LogP contribution is 2.62. The monoisotopic (exact) mass is 400 g/mol. The summed E-state index contributed by atoms with van der Waals surface area (Å²) in [5, 5.41) is 0. The number of fused-ring (bicyclic) bond motifs is 3. The minimum Gasteiger partial charge on any atom is -0.299 e. The Morgan fingerprint density at radius 2 is 1.79 bits per heavy atom. The molecule has 2 fully saturated rings. The Morgan fingerprint density at radius 3 is 2.52 bits per heavy atom. The van der Waals surface area contributed by atoms with E-state index in [0.717, 1.165) is 30.1 Å². The molecule has 0 saturated heterocycles. The van der Waals surface area contributed by atoms with Crippen LogP contribution < -0.4 is 0 Å². The first-order valence-corrected chi connectivity index (χ1v) is 12.4. The van der Waals surface area contributed by atoms with Gasteiger partial charge in [-0.15, -0.1) is 0 Å². The fourth-order valence-electron chi connectivity index (χ4n) is 7.41. The Hall–Kier alpha value is -0.920.